The van der Waals surface area contributed by atoms with Crippen LogP contribution in [-0.2, 0) is 0 Å². The molecular formula is C18H12ClN3. The predicted molar refractivity (Wildman–Crippen MR) is 92.3 cm³/mol. The molecule has 0 bridgehead atoms. The number of rotatable bonds is 2. The molecular weight excluding hydrogens is 294 g/mol. The van der Waals surface area contributed by atoms with Crippen molar-refractivity contribution in [2.75, 3.05) is 0 Å². The first-order valence-corrected chi connectivity index (χ1v) is 7.35. The minimum atomic E-state index is 0.673. The lowest BCUT2D eigenvalue weighted by Gasteiger charge is -2.03. The summed E-state index contributed by atoms with van der Waals surface area (Å²) in [6.45, 7) is 0. The molecule has 1 aliphatic heterocycles. The van der Waals surface area contributed by atoms with Gasteiger partial charge in [-0.1, -0.05) is 60.1 Å². The number of nitrogens with zero attached hydrogens (tertiary/aromatic N) is 2. The zero-order chi connectivity index (χ0) is 14.9. The molecule has 0 fully saturated rings. The zero-order valence-electron chi connectivity index (χ0n) is 11.6. The van der Waals surface area contributed by atoms with Gasteiger partial charge in [0.25, 0.3) is 0 Å². The largest absolute Gasteiger partial charge is 0.261 e. The van der Waals surface area contributed by atoms with Gasteiger partial charge in [-0.2, -0.15) is 5.10 Å². The van der Waals surface area contributed by atoms with E-state index in [1.165, 1.54) is 10.8 Å². The molecule has 3 aromatic carbocycles. The van der Waals surface area contributed by atoms with Crippen LogP contribution in [0.4, 0.5) is 5.69 Å². The molecule has 3 nitrogen and oxygen atoms in total. The van der Waals surface area contributed by atoms with Crippen LogP contribution in [0.5, 0.6) is 0 Å². The molecule has 0 unspecified atom stereocenters. The number of amidine groups is 1. The maximum Gasteiger partial charge on any atom is 0.154 e. The van der Waals surface area contributed by atoms with E-state index in [-0.39, 0.29) is 0 Å². The van der Waals surface area contributed by atoms with Gasteiger partial charge >= 0.3 is 0 Å². The number of hydrogen-bond donors (Lipinski definition) is 1. The van der Waals surface area contributed by atoms with Gasteiger partial charge in [0.2, 0.25) is 0 Å². The van der Waals surface area contributed by atoms with Crippen molar-refractivity contribution in [3.63, 3.8) is 0 Å². The van der Waals surface area contributed by atoms with Crippen molar-refractivity contribution in [3.05, 3.63) is 76.8 Å². The summed E-state index contributed by atoms with van der Waals surface area (Å²) >= 11 is 6.11. The van der Waals surface area contributed by atoms with Crippen LogP contribution in [0.15, 0.2) is 70.8 Å². The summed E-state index contributed by atoms with van der Waals surface area (Å²) in [5.41, 5.74) is 5.94. The molecule has 0 radical (unpaired) electrons. The second-order valence-corrected chi connectivity index (χ2v) is 5.44. The van der Waals surface area contributed by atoms with Crippen molar-refractivity contribution in [2.24, 2.45) is 10.1 Å². The van der Waals surface area contributed by atoms with Crippen molar-refractivity contribution in [1.82, 2.24) is 5.43 Å². The van der Waals surface area contributed by atoms with E-state index in [2.05, 4.69) is 33.7 Å². The average molecular weight is 306 g/mol. The molecule has 1 N–H and O–H groups in total. The van der Waals surface area contributed by atoms with Crippen molar-refractivity contribution in [1.29, 1.82) is 0 Å². The molecule has 106 valence electrons. The van der Waals surface area contributed by atoms with E-state index >= 15 is 0 Å². The van der Waals surface area contributed by atoms with Crippen LogP contribution in [0, 0.1) is 0 Å². The highest BCUT2D eigenvalue weighted by Gasteiger charge is 2.17. The number of aliphatic imine (C=N–C) groups is 1. The first-order chi connectivity index (χ1) is 10.8. The molecule has 4 rings (SSSR count). The minimum Gasteiger partial charge on any atom is -0.261 e. The molecule has 4 heteroatoms. The van der Waals surface area contributed by atoms with E-state index in [1.54, 1.807) is 6.21 Å². The summed E-state index contributed by atoms with van der Waals surface area (Å²) in [5.74, 6) is 0.759. The van der Waals surface area contributed by atoms with E-state index < -0.39 is 0 Å². The fourth-order valence-electron chi connectivity index (χ4n) is 2.62. The number of halogens is 1. The number of hydrogen-bond acceptors (Lipinski definition) is 3. The molecule has 1 heterocycles. The van der Waals surface area contributed by atoms with Crippen LogP contribution in [0.3, 0.4) is 0 Å². The van der Waals surface area contributed by atoms with Crippen molar-refractivity contribution >= 4 is 40.1 Å². The zero-order valence-corrected chi connectivity index (χ0v) is 12.4. The van der Waals surface area contributed by atoms with Gasteiger partial charge in [0, 0.05) is 21.5 Å². The summed E-state index contributed by atoms with van der Waals surface area (Å²) in [7, 11) is 0. The molecule has 1 aliphatic rings. The molecule has 3 aromatic rings. The average Bonchev–Trinajstić information content (AvgIpc) is 2.90. The Hall–Kier alpha value is -2.65. The number of nitrogens with one attached hydrogen (secondary N) is 1. The highest BCUT2D eigenvalue weighted by Crippen LogP contribution is 2.34. The van der Waals surface area contributed by atoms with Crippen molar-refractivity contribution in [3.8, 4) is 0 Å². The summed E-state index contributed by atoms with van der Waals surface area (Å²) < 4.78 is 0. The lowest BCUT2D eigenvalue weighted by molar-refractivity contribution is 1.04. The summed E-state index contributed by atoms with van der Waals surface area (Å²) in [4.78, 5) is 4.61. The Labute approximate surface area is 133 Å². The molecule has 0 amide bonds. The van der Waals surface area contributed by atoms with E-state index in [0.717, 1.165) is 22.6 Å². The molecule has 0 spiro atoms. The number of hydrazone groups is 1. The standard InChI is InChI=1S/C18H12ClN3/c19-15-9-2-1-5-13(15)11-20-22-18-14-8-3-6-12-7-4-10-16(21-18)17(12)14/h1-11H,(H,21,22)/b20-11+. The monoisotopic (exact) mass is 305 g/mol. The third-order valence-electron chi connectivity index (χ3n) is 3.65. The van der Waals surface area contributed by atoms with Crippen molar-refractivity contribution in [2.45, 2.75) is 0 Å². The van der Waals surface area contributed by atoms with Crippen molar-refractivity contribution < 1.29 is 0 Å². The van der Waals surface area contributed by atoms with Gasteiger partial charge in [0.05, 0.1) is 11.9 Å². The van der Waals surface area contributed by atoms with E-state index in [9.17, 15) is 0 Å². The predicted octanol–water partition coefficient (Wildman–Crippen LogP) is 4.51. The van der Waals surface area contributed by atoms with Crippen LogP contribution in [-0.4, -0.2) is 12.1 Å². The maximum atomic E-state index is 6.11. The maximum absolute atomic E-state index is 6.11. The van der Waals surface area contributed by atoms with Gasteiger partial charge in [-0.25, -0.2) is 4.99 Å². The second kappa shape index (κ2) is 5.28. The van der Waals surface area contributed by atoms with E-state index in [4.69, 9.17) is 11.6 Å². The van der Waals surface area contributed by atoms with Gasteiger partial charge in [-0.15, -0.1) is 0 Å². The topological polar surface area (TPSA) is 36.8 Å². The molecule has 0 aliphatic carbocycles. The second-order valence-electron chi connectivity index (χ2n) is 5.03. The van der Waals surface area contributed by atoms with E-state index in [0.29, 0.717) is 5.02 Å². The molecule has 0 aromatic heterocycles. The normalized spacial score (nSPS) is 12.9. The first-order valence-electron chi connectivity index (χ1n) is 6.97. The quantitative estimate of drug-likeness (QED) is 0.549. The highest BCUT2D eigenvalue weighted by atomic mass is 35.5. The highest BCUT2D eigenvalue weighted by molar-refractivity contribution is 6.33. The van der Waals surface area contributed by atoms with Gasteiger partial charge in [-0.05, 0) is 17.5 Å². The van der Waals surface area contributed by atoms with Crippen LogP contribution in [0.25, 0.3) is 10.8 Å². The lowest BCUT2D eigenvalue weighted by Crippen LogP contribution is -2.17. The Bertz CT molecular complexity index is 923. The van der Waals surface area contributed by atoms with Crippen LogP contribution in [0.1, 0.15) is 11.1 Å². The first kappa shape index (κ1) is 13.0. The lowest BCUT2D eigenvalue weighted by atomic mass is 10.0. The third kappa shape index (κ3) is 2.16. The Morgan fingerprint density at radius 3 is 2.64 bits per heavy atom. The Morgan fingerprint density at radius 1 is 0.955 bits per heavy atom. The SMILES string of the molecule is Clc1ccccc1/C=N/NC1=Nc2cccc3cccc1c23. The number of benzene rings is 3. The van der Waals surface area contributed by atoms with Crippen LogP contribution in [0.2, 0.25) is 5.02 Å². The Morgan fingerprint density at radius 2 is 1.77 bits per heavy atom. The summed E-state index contributed by atoms with van der Waals surface area (Å²) in [6, 6.07) is 19.9. The van der Waals surface area contributed by atoms with Gasteiger partial charge in [0.1, 0.15) is 0 Å². The van der Waals surface area contributed by atoms with Gasteiger partial charge in [0.15, 0.2) is 5.84 Å². The summed E-state index contributed by atoms with van der Waals surface area (Å²) in [6.07, 6.45) is 1.70. The molecule has 0 atom stereocenters. The fourth-order valence-corrected chi connectivity index (χ4v) is 2.80. The molecule has 22 heavy (non-hydrogen) atoms. The Balaban J connectivity index is 1.64. The van der Waals surface area contributed by atoms with Crippen LogP contribution >= 0.6 is 11.6 Å². The molecule has 0 saturated carbocycles. The van der Waals surface area contributed by atoms with Gasteiger partial charge < -0.3 is 0 Å². The smallest absolute Gasteiger partial charge is 0.154 e. The molecule has 0 saturated heterocycles. The minimum absolute atomic E-state index is 0.673. The summed E-state index contributed by atoms with van der Waals surface area (Å²) in [5, 5.41) is 7.29. The third-order valence-corrected chi connectivity index (χ3v) is 3.99. The van der Waals surface area contributed by atoms with Gasteiger partial charge in [-0.3, -0.25) is 5.43 Å². The van der Waals surface area contributed by atoms with Crippen LogP contribution < -0.4 is 5.43 Å². The fraction of sp³-hybridized carbons (Fsp3) is 0. The van der Waals surface area contributed by atoms with E-state index in [1.807, 2.05) is 42.5 Å². The Kier molecular flexibility index (Phi) is 3.13.